The Bertz CT molecular complexity index is 435. The van der Waals surface area contributed by atoms with Crippen LogP contribution in [0.4, 0.5) is 0 Å². The summed E-state index contributed by atoms with van der Waals surface area (Å²) < 4.78 is 0. The van der Waals surface area contributed by atoms with Crippen LogP contribution in [-0.2, 0) is 5.41 Å². The zero-order valence-corrected chi connectivity index (χ0v) is 13.0. The van der Waals surface area contributed by atoms with E-state index < -0.39 is 0 Å². The van der Waals surface area contributed by atoms with Crippen molar-refractivity contribution >= 4 is 5.96 Å². The number of guanidine groups is 1. The fourth-order valence-corrected chi connectivity index (χ4v) is 2.64. The molecule has 1 aliphatic rings. The van der Waals surface area contributed by atoms with Gasteiger partial charge in [0.2, 0.25) is 0 Å². The van der Waals surface area contributed by atoms with E-state index in [2.05, 4.69) is 59.5 Å². The quantitative estimate of drug-likeness (QED) is 0.637. The SMILES string of the molecule is CCCCN(C)C(=NC)NCC1(c2ccccc2)CC1. The molecule has 2 rings (SSSR count). The minimum Gasteiger partial charge on any atom is -0.355 e. The maximum Gasteiger partial charge on any atom is 0.193 e. The fourth-order valence-electron chi connectivity index (χ4n) is 2.64. The molecule has 0 spiro atoms. The highest BCUT2D eigenvalue weighted by molar-refractivity contribution is 5.79. The predicted molar refractivity (Wildman–Crippen MR) is 86.3 cm³/mol. The Morgan fingerprint density at radius 3 is 2.55 bits per heavy atom. The molecule has 0 aromatic heterocycles. The first-order chi connectivity index (χ1) is 9.72. The lowest BCUT2D eigenvalue weighted by Crippen LogP contribution is -2.42. The molecule has 1 fully saturated rings. The van der Waals surface area contributed by atoms with Crippen LogP contribution >= 0.6 is 0 Å². The zero-order valence-electron chi connectivity index (χ0n) is 13.0. The van der Waals surface area contributed by atoms with Crippen LogP contribution in [0.1, 0.15) is 38.2 Å². The molecule has 0 amide bonds. The zero-order chi connectivity index (χ0) is 14.4. The number of hydrogen-bond acceptors (Lipinski definition) is 1. The lowest BCUT2D eigenvalue weighted by atomic mass is 9.96. The molecule has 0 heterocycles. The van der Waals surface area contributed by atoms with Crippen molar-refractivity contribution in [3.05, 3.63) is 35.9 Å². The van der Waals surface area contributed by atoms with Crippen LogP contribution in [0.5, 0.6) is 0 Å². The van der Waals surface area contributed by atoms with Crippen molar-refractivity contribution in [1.82, 2.24) is 10.2 Å². The minimum absolute atomic E-state index is 0.336. The summed E-state index contributed by atoms with van der Waals surface area (Å²) in [4.78, 5) is 6.62. The number of aliphatic imine (C=N–C) groups is 1. The fraction of sp³-hybridized carbons (Fsp3) is 0.588. The van der Waals surface area contributed by atoms with Gasteiger partial charge >= 0.3 is 0 Å². The lowest BCUT2D eigenvalue weighted by molar-refractivity contribution is 0.459. The first kappa shape index (κ1) is 14.9. The summed E-state index contributed by atoms with van der Waals surface area (Å²) in [6.45, 7) is 4.27. The summed E-state index contributed by atoms with van der Waals surface area (Å²) in [5, 5.41) is 3.56. The van der Waals surface area contributed by atoms with Gasteiger partial charge in [-0.2, -0.15) is 0 Å². The van der Waals surface area contributed by atoms with E-state index >= 15 is 0 Å². The van der Waals surface area contributed by atoms with Gasteiger partial charge in [0.15, 0.2) is 5.96 Å². The molecule has 0 bridgehead atoms. The van der Waals surface area contributed by atoms with Crippen LogP contribution in [0.3, 0.4) is 0 Å². The van der Waals surface area contributed by atoms with Crippen LogP contribution in [0.15, 0.2) is 35.3 Å². The van der Waals surface area contributed by atoms with E-state index in [0.29, 0.717) is 5.41 Å². The smallest absolute Gasteiger partial charge is 0.193 e. The summed E-state index contributed by atoms with van der Waals surface area (Å²) in [7, 11) is 3.99. The second kappa shape index (κ2) is 6.78. The molecule has 1 aromatic rings. The van der Waals surface area contributed by atoms with Crippen molar-refractivity contribution < 1.29 is 0 Å². The Hall–Kier alpha value is -1.51. The summed E-state index contributed by atoms with van der Waals surface area (Å²) in [5.41, 5.74) is 1.79. The van der Waals surface area contributed by atoms with Gasteiger partial charge in [-0.3, -0.25) is 4.99 Å². The molecular formula is C17H27N3. The average Bonchev–Trinajstić information content (AvgIpc) is 3.28. The van der Waals surface area contributed by atoms with E-state index in [9.17, 15) is 0 Å². The standard InChI is InChI=1S/C17H27N3/c1-4-5-13-20(3)16(18-2)19-14-17(11-12-17)15-9-7-6-8-10-15/h6-10H,4-5,11-14H2,1-3H3,(H,18,19). The molecule has 3 heteroatoms. The van der Waals surface area contributed by atoms with Crippen LogP contribution in [0.25, 0.3) is 0 Å². The monoisotopic (exact) mass is 273 g/mol. The number of unbranched alkanes of at least 4 members (excludes halogenated alkanes) is 1. The van der Waals surface area contributed by atoms with Crippen molar-refractivity contribution in [3.8, 4) is 0 Å². The maximum atomic E-state index is 4.40. The molecule has 1 N–H and O–H groups in total. The van der Waals surface area contributed by atoms with Gasteiger partial charge in [-0.1, -0.05) is 43.7 Å². The molecular weight excluding hydrogens is 246 g/mol. The van der Waals surface area contributed by atoms with Crippen molar-refractivity contribution in [2.24, 2.45) is 4.99 Å². The molecule has 0 radical (unpaired) electrons. The largest absolute Gasteiger partial charge is 0.355 e. The van der Waals surface area contributed by atoms with Crippen LogP contribution < -0.4 is 5.32 Å². The number of nitrogens with zero attached hydrogens (tertiary/aromatic N) is 2. The number of hydrogen-bond donors (Lipinski definition) is 1. The van der Waals surface area contributed by atoms with Crippen LogP contribution in [0.2, 0.25) is 0 Å². The molecule has 1 aliphatic carbocycles. The molecule has 1 aromatic carbocycles. The Balaban J connectivity index is 1.91. The minimum atomic E-state index is 0.336. The topological polar surface area (TPSA) is 27.6 Å². The van der Waals surface area contributed by atoms with Crippen molar-refractivity contribution in [2.45, 2.75) is 38.0 Å². The average molecular weight is 273 g/mol. The van der Waals surface area contributed by atoms with E-state index in [1.54, 1.807) is 0 Å². The van der Waals surface area contributed by atoms with Crippen molar-refractivity contribution in [3.63, 3.8) is 0 Å². The van der Waals surface area contributed by atoms with Gasteiger partial charge < -0.3 is 10.2 Å². The summed E-state index contributed by atoms with van der Waals surface area (Å²) in [6.07, 6.45) is 4.98. The molecule has 110 valence electrons. The molecule has 1 saturated carbocycles. The van der Waals surface area contributed by atoms with E-state index in [-0.39, 0.29) is 0 Å². The molecule has 0 atom stereocenters. The first-order valence-electron chi connectivity index (χ1n) is 7.69. The lowest BCUT2D eigenvalue weighted by Gasteiger charge is -2.24. The van der Waals surface area contributed by atoms with Gasteiger partial charge in [0, 0.05) is 32.6 Å². The Kier molecular flexibility index (Phi) is 5.05. The van der Waals surface area contributed by atoms with E-state index in [4.69, 9.17) is 0 Å². The van der Waals surface area contributed by atoms with Crippen molar-refractivity contribution in [2.75, 3.05) is 27.2 Å². The molecule has 0 aliphatic heterocycles. The van der Waals surface area contributed by atoms with Gasteiger partial charge in [0.05, 0.1) is 0 Å². The maximum absolute atomic E-state index is 4.40. The molecule has 3 nitrogen and oxygen atoms in total. The Morgan fingerprint density at radius 1 is 1.30 bits per heavy atom. The van der Waals surface area contributed by atoms with Crippen molar-refractivity contribution in [1.29, 1.82) is 0 Å². The third-order valence-electron chi connectivity index (χ3n) is 4.25. The predicted octanol–water partition coefficient (Wildman–Crippen LogP) is 3.03. The second-order valence-corrected chi connectivity index (χ2v) is 5.82. The Labute approximate surface area is 123 Å². The summed E-state index contributed by atoms with van der Waals surface area (Å²) in [5.74, 6) is 1.01. The van der Waals surface area contributed by atoms with E-state index in [0.717, 1.165) is 19.0 Å². The number of rotatable bonds is 6. The van der Waals surface area contributed by atoms with Gasteiger partial charge in [0.1, 0.15) is 0 Å². The molecule has 0 saturated heterocycles. The molecule has 20 heavy (non-hydrogen) atoms. The Morgan fingerprint density at radius 2 is 2.00 bits per heavy atom. The highest BCUT2D eigenvalue weighted by Crippen LogP contribution is 2.47. The first-order valence-corrected chi connectivity index (χ1v) is 7.69. The highest BCUT2D eigenvalue weighted by atomic mass is 15.3. The van der Waals surface area contributed by atoms with Crippen LogP contribution in [-0.4, -0.2) is 38.0 Å². The normalized spacial score (nSPS) is 16.9. The van der Waals surface area contributed by atoms with Gasteiger partial charge in [-0.25, -0.2) is 0 Å². The summed E-state index contributed by atoms with van der Waals surface area (Å²) >= 11 is 0. The van der Waals surface area contributed by atoms with E-state index in [1.165, 1.54) is 31.2 Å². The second-order valence-electron chi connectivity index (χ2n) is 5.82. The van der Waals surface area contributed by atoms with E-state index in [1.807, 2.05) is 7.05 Å². The van der Waals surface area contributed by atoms with Crippen LogP contribution in [0, 0.1) is 0 Å². The third-order valence-corrected chi connectivity index (χ3v) is 4.25. The van der Waals surface area contributed by atoms with Gasteiger partial charge in [-0.15, -0.1) is 0 Å². The van der Waals surface area contributed by atoms with Gasteiger partial charge in [0.25, 0.3) is 0 Å². The summed E-state index contributed by atoms with van der Waals surface area (Å²) in [6, 6.07) is 10.9. The third kappa shape index (κ3) is 3.53. The number of nitrogens with one attached hydrogen (secondary N) is 1. The highest BCUT2D eigenvalue weighted by Gasteiger charge is 2.44. The van der Waals surface area contributed by atoms with Gasteiger partial charge in [-0.05, 0) is 24.8 Å². The molecule has 0 unspecified atom stereocenters. The number of benzene rings is 1.